The van der Waals surface area contributed by atoms with Crippen LogP contribution in [0.2, 0.25) is 0 Å². The van der Waals surface area contributed by atoms with E-state index in [1.54, 1.807) is 0 Å². The van der Waals surface area contributed by atoms with Crippen LogP contribution in [0.4, 0.5) is 11.6 Å². The predicted octanol–water partition coefficient (Wildman–Crippen LogP) is -2.05. The van der Waals surface area contributed by atoms with Gasteiger partial charge in [0.1, 0.15) is 48.3 Å². The lowest BCUT2D eigenvalue weighted by molar-refractivity contribution is -0.140. The molecule has 0 aromatic carbocycles. The van der Waals surface area contributed by atoms with E-state index in [4.69, 9.17) is 44.5 Å². The molecule has 240 valence electrons. The SMILES string of the molecule is Nc1ccn([C@H]2C[C@@H](OP(=O)(O)OCC3OC(n4cnc5c(N)ncnc54)C(O)C3OC=O)C(COP(=O)(O)O)O2)c(=O)n1. The zero-order valence-electron chi connectivity index (χ0n) is 22.2. The highest BCUT2D eigenvalue weighted by Gasteiger charge is 2.49. The lowest BCUT2D eigenvalue weighted by atomic mass is 10.1. The van der Waals surface area contributed by atoms with E-state index >= 15 is 0 Å². The molecule has 2 fully saturated rings. The summed E-state index contributed by atoms with van der Waals surface area (Å²) in [6, 6.07) is 1.29. The van der Waals surface area contributed by atoms with Crippen LogP contribution >= 0.6 is 15.6 Å². The number of imidazole rings is 1. The number of aliphatic hydroxyl groups is 1. The van der Waals surface area contributed by atoms with Gasteiger partial charge in [0.15, 0.2) is 23.8 Å². The summed E-state index contributed by atoms with van der Waals surface area (Å²) in [6.07, 6.45) is -6.05. The molecule has 0 amide bonds. The second kappa shape index (κ2) is 12.5. The van der Waals surface area contributed by atoms with Gasteiger partial charge in [0.2, 0.25) is 0 Å². The Labute approximate surface area is 245 Å². The fourth-order valence-electron chi connectivity index (χ4n) is 4.69. The average molecular weight is 664 g/mol. The van der Waals surface area contributed by atoms with Gasteiger partial charge in [-0.1, -0.05) is 0 Å². The third kappa shape index (κ3) is 6.95. The molecule has 22 nitrogen and oxygen atoms in total. The van der Waals surface area contributed by atoms with E-state index in [9.17, 15) is 28.7 Å². The molecule has 0 bridgehead atoms. The monoisotopic (exact) mass is 664 g/mol. The Bertz CT molecular complexity index is 1670. The number of aromatic nitrogens is 6. The third-order valence-electron chi connectivity index (χ3n) is 6.60. The highest BCUT2D eigenvalue weighted by atomic mass is 31.2. The quantitative estimate of drug-likeness (QED) is 0.0895. The summed E-state index contributed by atoms with van der Waals surface area (Å²) in [6.45, 7) is -1.51. The van der Waals surface area contributed by atoms with Crippen molar-refractivity contribution >= 4 is 44.9 Å². The first-order valence-electron chi connectivity index (χ1n) is 12.5. The van der Waals surface area contributed by atoms with Gasteiger partial charge in [-0.05, 0) is 6.07 Å². The number of nitrogens with two attached hydrogens (primary N) is 2. The summed E-state index contributed by atoms with van der Waals surface area (Å²) in [7, 11) is -10.0. The minimum absolute atomic E-state index is 0.0451. The maximum absolute atomic E-state index is 13.0. The van der Waals surface area contributed by atoms with E-state index < -0.39 is 77.5 Å². The number of rotatable bonds is 12. The van der Waals surface area contributed by atoms with Crippen LogP contribution in [0.15, 0.2) is 29.7 Å². The molecule has 3 aromatic heterocycles. The number of phosphoric ester groups is 2. The molecule has 2 saturated heterocycles. The Morgan fingerprint density at radius 2 is 1.82 bits per heavy atom. The highest BCUT2D eigenvalue weighted by Crippen LogP contribution is 2.50. The molecule has 3 aromatic rings. The van der Waals surface area contributed by atoms with Crippen LogP contribution in [0, 0.1) is 0 Å². The standard InChI is InChI=1S/C20H26N8O14P2/c21-12-1-2-27(20(31)26-12)13-3-9(10(40-13)4-38-43(32,33)34)42-44(35,36)39-5-11-16(37-8-29)15(30)19(41-11)28-7-25-14-17(22)23-6-24-18(14)28/h1-2,6-11,13,15-16,19,30H,3-5H2,(H,35,36)(H2,21,26,31)(H2,22,23,24)(H2,32,33,34)/t9-,10?,11?,13-,15?,16?,19?/m1/s1. The van der Waals surface area contributed by atoms with Crippen molar-refractivity contribution < 1.29 is 61.5 Å². The number of nitrogens with zero attached hydrogens (tertiary/aromatic N) is 6. The first kappa shape index (κ1) is 32.0. The van der Waals surface area contributed by atoms with E-state index in [1.807, 2.05) is 0 Å². The number of hydrogen-bond acceptors (Lipinski definition) is 17. The number of ether oxygens (including phenoxy) is 3. The first-order chi connectivity index (χ1) is 20.8. The van der Waals surface area contributed by atoms with Crippen molar-refractivity contribution in [2.24, 2.45) is 0 Å². The van der Waals surface area contributed by atoms with Crippen LogP contribution in [0.25, 0.3) is 11.2 Å². The van der Waals surface area contributed by atoms with E-state index in [1.165, 1.54) is 23.2 Å². The van der Waals surface area contributed by atoms with Crippen molar-refractivity contribution in [3.63, 3.8) is 0 Å². The molecule has 0 aliphatic carbocycles. The molecule has 5 heterocycles. The molecule has 8 N–H and O–H groups in total. The Hall–Kier alpha value is -3.40. The first-order valence-corrected chi connectivity index (χ1v) is 15.5. The lowest BCUT2D eigenvalue weighted by Crippen LogP contribution is -2.36. The van der Waals surface area contributed by atoms with E-state index in [0.717, 1.165) is 10.9 Å². The molecule has 6 unspecified atom stereocenters. The van der Waals surface area contributed by atoms with E-state index in [2.05, 4.69) is 24.5 Å². The maximum Gasteiger partial charge on any atom is 0.472 e. The van der Waals surface area contributed by atoms with Gasteiger partial charge in [0, 0.05) is 12.6 Å². The fraction of sp³-hybridized carbons (Fsp3) is 0.500. The third-order valence-corrected chi connectivity index (χ3v) is 8.10. The number of carbonyl (C=O) groups is 1. The van der Waals surface area contributed by atoms with Crippen molar-refractivity contribution in [2.45, 2.75) is 49.4 Å². The zero-order valence-corrected chi connectivity index (χ0v) is 23.9. The second-order valence-electron chi connectivity index (χ2n) is 9.44. The Morgan fingerprint density at radius 3 is 2.52 bits per heavy atom. The molecule has 44 heavy (non-hydrogen) atoms. The molecule has 5 rings (SSSR count). The van der Waals surface area contributed by atoms with Crippen LogP contribution < -0.4 is 17.2 Å². The minimum atomic E-state index is -5.04. The molecular weight excluding hydrogens is 638 g/mol. The van der Waals surface area contributed by atoms with Gasteiger partial charge in [-0.2, -0.15) is 4.98 Å². The van der Waals surface area contributed by atoms with Crippen molar-refractivity contribution in [1.29, 1.82) is 0 Å². The van der Waals surface area contributed by atoms with Crippen LogP contribution in [-0.4, -0.2) is 99.1 Å². The van der Waals surface area contributed by atoms with Crippen molar-refractivity contribution in [2.75, 3.05) is 24.7 Å². The van der Waals surface area contributed by atoms with Gasteiger partial charge in [-0.3, -0.25) is 27.5 Å². The number of anilines is 2. The molecule has 2 aliphatic heterocycles. The summed E-state index contributed by atoms with van der Waals surface area (Å²) in [4.78, 5) is 67.7. The van der Waals surface area contributed by atoms with Gasteiger partial charge in [-0.25, -0.2) is 28.9 Å². The van der Waals surface area contributed by atoms with Crippen molar-refractivity contribution in [3.8, 4) is 0 Å². The lowest BCUT2D eigenvalue weighted by Gasteiger charge is -2.23. The number of fused-ring (bicyclic) bond motifs is 1. The fourth-order valence-corrected chi connectivity index (χ4v) is 5.99. The van der Waals surface area contributed by atoms with E-state index in [-0.39, 0.29) is 35.7 Å². The summed E-state index contributed by atoms with van der Waals surface area (Å²) >= 11 is 0. The molecular formula is C20H26N8O14P2. The largest absolute Gasteiger partial charge is 0.472 e. The number of hydrogen-bond donors (Lipinski definition) is 6. The van der Waals surface area contributed by atoms with Crippen LogP contribution in [-0.2, 0) is 41.7 Å². The Balaban J connectivity index is 1.29. The normalized spacial score (nSPS) is 28.7. The second-order valence-corrected chi connectivity index (χ2v) is 12.1. The summed E-state index contributed by atoms with van der Waals surface area (Å²) in [5, 5.41) is 10.9. The predicted molar refractivity (Wildman–Crippen MR) is 141 cm³/mol. The number of aliphatic hydroxyl groups excluding tert-OH is 1. The average Bonchev–Trinajstić information content (AvgIpc) is 3.62. The van der Waals surface area contributed by atoms with Crippen molar-refractivity contribution in [1.82, 2.24) is 29.1 Å². The molecule has 2 aliphatic rings. The van der Waals surface area contributed by atoms with Crippen molar-refractivity contribution in [3.05, 3.63) is 35.4 Å². The zero-order chi connectivity index (χ0) is 31.8. The molecule has 24 heteroatoms. The van der Waals surface area contributed by atoms with Gasteiger partial charge < -0.3 is 45.5 Å². The number of carbonyl (C=O) groups excluding carboxylic acids is 1. The number of phosphoric acid groups is 2. The van der Waals surface area contributed by atoms with Crippen LogP contribution in [0.3, 0.4) is 0 Å². The highest BCUT2D eigenvalue weighted by molar-refractivity contribution is 7.47. The topological polar surface area (TPSA) is 318 Å². The van der Waals surface area contributed by atoms with Crippen LogP contribution in [0.1, 0.15) is 18.9 Å². The molecule has 0 spiro atoms. The Kier molecular flexibility index (Phi) is 9.12. The molecule has 0 radical (unpaired) electrons. The molecule has 0 saturated carbocycles. The molecule has 8 atom stereocenters. The Morgan fingerprint density at radius 1 is 1.07 bits per heavy atom. The summed E-state index contributed by atoms with van der Waals surface area (Å²) in [5.74, 6) is -0.0241. The van der Waals surface area contributed by atoms with E-state index in [0.29, 0.717) is 0 Å². The summed E-state index contributed by atoms with van der Waals surface area (Å²) in [5.41, 5.74) is 10.8. The van der Waals surface area contributed by atoms with Crippen LogP contribution in [0.5, 0.6) is 0 Å². The number of nitrogen functional groups attached to an aromatic ring is 2. The smallest absolute Gasteiger partial charge is 0.459 e. The minimum Gasteiger partial charge on any atom is -0.459 e. The maximum atomic E-state index is 13.0. The van der Waals surface area contributed by atoms with Gasteiger partial charge in [-0.15, -0.1) is 0 Å². The van der Waals surface area contributed by atoms with Gasteiger partial charge in [0.05, 0.1) is 19.5 Å². The van der Waals surface area contributed by atoms with Gasteiger partial charge in [0.25, 0.3) is 6.47 Å². The summed E-state index contributed by atoms with van der Waals surface area (Å²) < 4.78 is 57.7. The van der Waals surface area contributed by atoms with Gasteiger partial charge >= 0.3 is 21.3 Å².